The molecule has 1 aromatic carbocycles. The van der Waals surface area contributed by atoms with Gasteiger partial charge in [-0.3, -0.25) is 4.18 Å². The first-order valence-electron chi connectivity index (χ1n) is 3.77. The lowest BCUT2D eigenvalue weighted by Gasteiger charge is -2.03. The molecular weight excluding hydrogens is 275 g/mol. The van der Waals surface area contributed by atoms with Crippen LogP contribution >= 0.6 is 15.9 Å². The third-order valence-corrected chi connectivity index (χ3v) is 3.07. The number of hydrogen-bond donors (Lipinski definition) is 0. The number of hydrogen-bond acceptors (Lipinski definition) is 3. The topological polar surface area (TPSA) is 43.4 Å². The predicted molar refractivity (Wildman–Crippen MR) is 53.3 cm³/mol. The highest BCUT2D eigenvalue weighted by molar-refractivity contribution is 9.09. The summed E-state index contributed by atoms with van der Waals surface area (Å²) in [6.07, 6.45) is 0. The maximum Gasteiger partial charge on any atom is 0.297 e. The van der Waals surface area contributed by atoms with E-state index in [0.29, 0.717) is 5.33 Å². The zero-order chi connectivity index (χ0) is 10.6. The minimum atomic E-state index is -3.74. The molecule has 0 atom stereocenters. The van der Waals surface area contributed by atoms with Crippen LogP contribution in [-0.4, -0.2) is 20.4 Å². The third-order valence-electron chi connectivity index (χ3n) is 1.42. The van der Waals surface area contributed by atoms with Crippen LogP contribution in [0.5, 0.6) is 0 Å². The van der Waals surface area contributed by atoms with Crippen LogP contribution in [0.15, 0.2) is 29.2 Å². The van der Waals surface area contributed by atoms with E-state index >= 15 is 0 Å². The zero-order valence-corrected chi connectivity index (χ0v) is 9.52. The molecule has 1 rings (SSSR count). The number of halogens is 2. The second-order valence-electron chi connectivity index (χ2n) is 2.42. The molecule has 0 radical (unpaired) electrons. The number of alkyl halides is 1. The molecule has 0 unspecified atom stereocenters. The van der Waals surface area contributed by atoms with Crippen LogP contribution in [0.2, 0.25) is 0 Å². The summed E-state index contributed by atoms with van der Waals surface area (Å²) in [5.41, 5.74) is 0. The van der Waals surface area contributed by atoms with E-state index in [1.807, 2.05) is 0 Å². The lowest BCUT2D eigenvalue weighted by Crippen LogP contribution is -2.08. The van der Waals surface area contributed by atoms with Crippen molar-refractivity contribution in [2.24, 2.45) is 0 Å². The van der Waals surface area contributed by atoms with Crippen LogP contribution in [0.3, 0.4) is 0 Å². The van der Waals surface area contributed by atoms with Crippen LogP contribution in [0.1, 0.15) is 0 Å². The summed E-state index contributed by atoms with van der Waals surface area (Å²) >= 11 is 3.04. The molecule has 6 heteroatoms. The van der Waals surface area contributed by atoms with Crippen molar-refractivity contribution in [3.63, 3.8) is 0 Å². The molecular formula is C8H8BrFO3S. The van der Waals surface area contributed by atoms with Gasteiger partial charge in [0.1, 0.15) is 5.82 Å². The summed E-state index contributed by atoms with van der Waals surface area (Å²) < 4.78 is 39.8. The van der Waals surface area contributed by atoms with Gasteiger partial charge in [0.15, 0.2) is 0 Å². The molecule has 78 valence electrons. The minimum absolute atomic E-state index is 0.0418. The van der Waals surface area contributed by atoms with Crippen molar-refractivity contribution in [1.29, 1.82) is 0 Å². The Morgan fingerprint density at radius 2 is 1.86 bits per heavy atom. The van der Waals surface area contributed by atoms with Crippen LogP contribution in [-0.2, 0) is 14.3 Å². The molecule has 0 amide bonds. The van der Waals surface area contributed by atoms with E-state index < -0.39 is 15.9 Å². The number of rotatable bonds is 4. The first-order valence-corrected chi connectivity index (χ1v) is 6.30. The van der Waals surface area contributed by atoms with E-state index in [-0.39, 0.29) is 11.5 Å². The Morgan fingerprint density at radius 1 is 1.29 bits per heavy atom. The summed E-state index contributed by atoms with van der Waals surface area (Å²) in [5, 5.41) is 0.424. The Bertz CT molecular complexity index is 388. The summed E-state index contributed by atoms with van der Waals surface area (Å²) in [6.45, 7) is 0.0553. The van der Waals surface area contributed by atoms with Crippen molar-refractivity contribution in [2.45, 2.75) is 4.90 Å². The molecule has 0 saturated carbocycles. The smallest absolute Gasteiger partial charge is 0.265 e. The molecule has 14 heavy (non-hydrogen) atoms. The summed E-state index contributed by atoms with van der Waals surface area (Å²) in [7, 11) is -3.74. The van der Waals surface area contributed by atoms with E-state index in [4.69, 9.17) is 0 Å². The predicted octanol–water partition coefficient (Wildman–Crippen LogP) is 1.93. The lowest BCUT2D eigenvalue weighted by atomic mass is 10.4. The highest BCUT2D eigenvalue weighted by Crippen LogP contribution is 2.12. The Labute approximate surface area is 90.1 Å². The van der Waals surface area contributed by atoms with E-state index in [0.717, 1.165) is 12.1 Å². The fourth-order valence-electron chi connectivity index (χ4n) is 0.811. The molecule has 0 N–H and O–H groups in total. The average Bonchev–Trinajstić information content (AvgIpc) is 2.16. The maximum absolute atomic E-state index is 12.5. The largest absolute Gasteiger partial charge is 0.297 e. The molecule has 0 aromatic heterocycles. The van der Waals surface area contributed by atoms with Crippen molar-refractivity contribution in [3.8, 4) is 0 Å². The van der Waals surface area contributed by atoms with E-state index in [2.05, 4.69) is 20.1 Å². The van der Waals surface area contributed by atoms with Crippen LogP contribution in [0.4, 0.5) is 4.39 Å². The molecule has 0 heterocycles. The minimum Gasteiger partial charge on any atom is -0.265 e. The fourth-order valence-corrected chi connectivity index (χ4v) is 2.09. The van der Waals surface area contributed by atoms with Crippen LogP contribution in [0, 0.1) is 5.82 Å². The monoisotopic (exact) mass is 282 g/mol. The molecule has 0 bridgehead atoms. The zero-order valence-electron chi connectivity index (χ0n) is 7.11. The Balaban J connectivity index is 2.87. The van der Waals surface area contributed by atoms with Gasteiger partial charge < -0.3 is 0 Å². The molecule has 0 aliphatic rings. The first kappa shape index (κ1) is 11.6. The van der Waals surface area contributed by atoms with E-state index in [9.17, 15) is 12.8 Å². The Morgan fingerprint density at radius 3 is 2.36 bits per heavy atom. The van der Waals surface area contributed by atoms with Crippen molar-refractivity contribution < 1.29 is 17.0 Å². The number of benzene rings is 1. The lowest BCUT2D eigenvalue weighted by molar-refractivity contribution is 0.342. The van der Waals surface area contributed by atoms with Gasteiger partial charge in [-0.25, -0.2) is 4.39 Å². The maximum atomic E-state index is 12.5. The quantitative estimate of drug-likeness (QED) is 0.626. The molecule has 1 aromatic rings. The van der Waals surface area contributed by atoms with Gasteiger partial charge in [0.25, 0.3) is 10.1 Å². The summed E-state index contributed by atoms with van der Waals surface area (Å²) in [4.78, 5) is -0.0418. The molecule has 3 nitrogen and oxygen atoms in total. The molecule has 0 aliphatic heterocycles. The molecule has 0 saturated heterocycles. The SMILES string of the molecule is O=S(=O)(OCCBr)c1ccc(F)cc1. The average molecular weight is 283 g/mol. The first-order chi connectivity index (χ1) is 6.56. The Kier molecular flexibility index (Phi) is 4.03. The van der Waals surface area contributed by atoms with Gasteiger partial charge in [0, 0.05) is 5.33 Å². The summed E-state index contributed by atoms with van der Waals surface area (Å²) in [5.74, 6) is -0.482. The second kappa shape index (κ2) is 4.86. The molecule has 0 spiro atoms. The van der Waals surface area contributed by atoms with Crippen LogP contribution in [0.25, 0.3) is 0 Å². The van der Waals surface area contributed by atoms with Crippen molar-refractivity contribution in [3.05, 3.63) is 30.1 Å². The standard InChI is InChI=1S/C8H8BrFO3S/c9-5-6-13-14(11,12)8-3-1-7(10)2-4-8/h1-4H,5-6H2. The van der Waals surface area contributed by atoms with Crippen molar-refractivity contribution in [1.82, 2.24) is 0 Å². The van der Waals surface area contributed by atoms with Crippen molar-refractivity contribution >= 4 is 26.0 Å². The summed E-state index contributed by atoms with van der Waals surface area (Å²) in [6, 6.07) is 4.48. The van der Waals surface area contributed by atoms with E-state index in [1.54, 1.807) is 0 Å². The second-order valence-corrected chi connectivity index (χ2v) is 4.83. The van der Waals surface area contributed by atoms with Crippen LogP contribution < -0.4 is 0 Å². The van der Waals surface area contributed by atoms with Gasteiger partial charge in [-0.05, 0) is 24.3 Å². The molecule has 0 aliphatic carbocycles. The van der Waals surface area contributed by atoms with Gasteiger partial charge in [0.05, 0.1) is 11.5 Å². The van der Waals surface area contributed by atoms with Gasteiger partial charge in [0.2, 0.25) is 0 Å². The van der Waals surface area contributed by atoms with E-state index in [1.165, 1.54) is 12.1 Å². The van der Waals surface area contributed by atoms with Gasteiger partial charge in [-0.15, -0.1) is 0 Å². The van der Waals surface area contributed by atoms with Gasteiger partial charge in [-0.1, -0.05) is 15.9 Å². The Hall–Kier alpha value is -0.460. The van der Waals surface area contributed by atoms with Gasteiger partial charge in [-0.2, -0.15) is 8.42 Å². The highest BCUT2D eigenvalue weighted by Gasteiger charge is 2.14. The van der Waals surface area contributed by atoms with Gasteiger partial charge >= 0.3 is 0 Å². The fraction of sp³-hybridized carbons (Fsp3) is 0.250. The molecule has 0 fully saturated rings. The van der Waals surface area contributed by atoms with Crippen molar-refractivity contribution in [2.75, 3.05) is 11.9 Å². The third kappa shape index (κ3) is 3.04. The normalized spacial score (nSPS) is 11.6. The highest BCUT2D eigenvalue weighted by atomic mass is 79.9.